The molecule has 1 aromatic heterocycles. The Kier molecular flexibility index (Phi) is 3.02. The number of rotatable bonds is 2. The van der Waals surface area contributed by atoms with E-state index in [1.54, 1.807) is 0 Å². The number of hydrogen-bond acceptors (Lipinski definition) is 4. The summed E-state index contributed by atoms with van der Waals surface area (Å²) in [5, 5.41) is 4.04. The van der Waals surface area contributed by atoms with Gasteiger partial charge in [0.05, 0.1) is 6.04 Å². The van der Waals surface area contributed by atoms with E-state index >= 15 is 0 Å². The maximum absolute atomic E-state index is 5.70. The molecule has 2 N–H and O–H groups in total. The van der Waals surface area contributed by atoms with Gasteiger partial charge < -0.3 is 10.3 Å². The van der Waals surface area contributed by atoms with Crippen molar-refractivity contribution < 1.29 is 4.52 Å². The van der Waals surface area contributed by atoms with E-state index in [-0.39, 0.29) is 6.04 Å². The average molecular weight is 223 g/mol. The van der Waals surface area contributed by atoms with Crippen molar-refractivity contribution >= 4 is 0 Å². The van der Waals surface area contributed by atoms with Gasteiger partial charge in [-0.15, -0.1) is 0 Å². The van der Waals surface area contributed by atoms with Crippen LogP contribution >= 0.6 is 0 Å². The molecule has 0 spiro atoms. The van der Waals surface area contributed by atoms with Gasteiger partial charge in [0.1, 0.15) is 0 Å². The Morgan fingerprint density at radius 1 is 1.38 bits per heavy atom. The first kappa shape index (κ1) is 11.6. The van der Waals surface area contributed by atoms with E-state index in [4.69, 9.17) is 10.3 Å². The minimum atomic E-state index is -0.165. The Morgan fingerprint density at radius 2 is 2.00 bits per heavy atom. The molecule has 1 saturated carbocycles. The predicted octanol–water partition coefficient (Wildman–Crippen LogP) is 2.77. The summed E-state index contributed by atoms with van der Waals surface area (Å²) in [4.78, 5) is 4.38. The molecule has 1 aliphatic carbocycles. The maximum atomic E-state index is 5.70. The van der Waals surface area contributed by atoms with Crippen LogP contribution in [0.1, 0.15) is 70.1 Å². The van der Waals surface area contributed by atoms with Crippen LogP contribution in [-0.2, 0) is 0 Å². The van der Waals surface area contributed by atoms with Crippen LogP contribution in [-0.4, -0.2) is 10.1 Å². The summed E-state index contributed by atoms with van der Waals surface area (Å²) in [6, 6.07) is -0.165. The van der Waals surface area contributed by atoms with Crippen molar-refractivity contribution in [2.45, 2.75) is 58.4 Å². The van der Waals surface area contributed by atoms with Gasteiger partial charge in [0.2, 0.25) is 5.89 Å². The topological polar surface area (TPSA) is 64.9 Å². The van der Waals surface area contributed by atoms with Gasteiger partial charge in [0, 0.05) is 5.92 Å². The summed E-state index contributed by atoms with van der Waals surface area (Å²) >= 11 is 0. The molecule has 0 radical (unpaired) electrons. The summed E-state index contributed by atoms with van der Waals surface area (Å²) in [6.07, 6.45) is 4.79. The highest BCUT2D eigenvalue weighted by Gasteiger charge is 2.30. The van der Waals surface area contributed by atoms with Gasteiger partial charge in [0.25, 0.3) is 0 Å². The Labute approximate surface area is 96.6 Å². The van der Waals surface area contributed by atoms with Gasteiger partial charge in [0.15, 0.2) is 5.82 Å². The van der Waals surface area contributed by atoms with Gasteiger partial charge in [-0.1, -0.05) is 19.0 Å². The first-order valence-electron chi connectivity index (χ1n) is 6.07. The largest absolute Gasteiger partial charge is 0.338 e. The van der Waals surface area contributed by atoms with E-state index in [9.17, 15) is 0 Å². The van der Waals surface area contributed by atoms with Gasteiger partial charge in [-0.25, -0.2) is 0 Å². The van der Waals surface area contributed by atoms with Gasteiger partial charge in [-0.05, 0) is 38.0 Å². The first-order valence-corrected chi connectivity index (χ1v) is 6.07. The van der Waals surface area contributed by atoms with Crippen LogP contribution in [0.15, 0.2) is 4.52 Å². The second-order valence-electron chi connectivity index (χ2n) is 5.72. The zero-order chi connectivity index (χ0) is 11.8. The van der Waals surface area contributed by atoms with Crippen molar-refractivity contribution in [2.24, 2.45) is 11.1 Å². The van der Waals surface area contributed by atoms with E-state index < -0.39 is 0 Å². The molecule has 0 aliphatic heterocycles. The molecule has 0 bridgehead atoms. The second kappa shape index (κ2) is 4.17. The molecule has 1 heterocycles. The fraction of sp³-hybridized carbons (Fsp3) is 0.833. The summed E-state index contributed by atoms with van der Waals surface area (Å²) in [7, 11) is 0. The summed E-state index contributed by atoms with van der Waals surface area (Å²) in [6.45, 7) is 6.51. The standard InChI is InChI=1S/C12H21N3O/c1-8(13)11-14-10(15-16-11)9-4-6-12(2,3)7-5-9/h8-9H,4-7,13H2,1-3H3. The SMILES string of the molecule is CC(N)c1nc(C2CCC(C)(C)CC2)no1. The summed E-state index contributed by atoms with van der Waals surface area (Å²) in [5.41, 5.74) is 6.18. The zero-order valence-electron chi connectivity index (χ0n) is 10.4. The lowest BCUT2D eigenvalue weighted by atomic mass is 9.73. The van der Waals surface area contributed by atoms with Crippen LogP contribution in [0.25, 0.3) is 0 Å². The highest BCUT2D eigenvalue weighted by Crippen LogP contribution is 2.41. The van der Waals surface area contributed by atoms with Crippen molar-refractivity contribution in [1.29, 1.82) is 0 Å². The molecule has 1 aromatic rings. The fourth-order valence-corrected chi connectivity index (χ4v) is 2.26. The van der Waals surface area contributed by atoms with Gasteiger partial charge in [-0.3, -0.25) is 0 Å². The molecule has 1 fully saturated rings. The molecule has 1 aliphatic rings. The van der Waals surface area contributed by atoms with Crippen LogP contribution < -0.4 is 5.73 Å². The van der Waals surface area contributed by atoms with Crippen molar-refractivity contribution in [3.05, 3.63) is 11.7 Å². The van der Waals surface area contributed by atoms with Crippen LogP contribution in [0.5, 0.6) is 0 Å². The molecule has 4 nitrogen and oxygen atoms in total. The van der Waals surface area contributed by atoms with Crippen LogP contribution in [0, 0.1) is 5.41 Å². The smallest absolute Gasteiger partial charge is 0.243 e. The highest BCUT2D eigenvalue weighted by molar-refractivity contribution is 5.00. The monoisotopic (exact) mass is 223 g/mol. The lowest BCUT2D eigenvalue weighted by Crippen LogP contribution is -2.20. The van der Waals surface area contributed by atoms with E-state index in [0.717, 1.165) is 18.7 Å². The molecule has 1 atom stereocenters. The van der Waals surface area contributed by atoms with Crippen LogP contribution in [0.2, 0.25) is 0 Å². The number of aromatic nitrogens is 2. The Balaban J connectivity index is 2.03. The van der Waals surface area contributed by atoms with E-state index in [1.165, 1.54) is 12.8 Å². The Morgan fingerprint density at radius 3 is 2.50 bits per heavy atom. The second-order valence-corrected chi connectivity index (χ2v) is 5.72. The average Bonchev–Trinajstić information content (AvgIpc) is 2.66. The van der Waals surface area contributed by atoms with Crippen molar-refractivity contribution in [1.82, 2.24) is 10.1 Å². The predicted molar refractivity (Wildman–Crippen MR) is 61.9 cm³/mol. The quantitative estimate of drug-likeness (QED) is 0.837. The lowest BCUT2D eigenvalue weighted by molar-refractivity contribution is 0.218. The van der Waals surface area contributed by atoms with Crippen molar-refractivity contribution in [3.8, 4) is 0 Å². The highest BCUT2D eigenvalue weighted by atomic mass is 16.5. The molecule has 0 amide bonds. The molecule has 1 unspecified atom stereocenters. The zero-order valence-corrected chi connectivity index (χ0v) is 10.4. The maximum Gasteiger partial charge on any atom is 0.243 e. The number of hydrogen-bond donors (Lipinski definition) is 1. The van der Waals surface area contributed by atoms with Crippen LogP contribution in [0.4, 0.5) is 0 Å². The Bertz CT molecular complexity index is 347. The molecular formula is C12H21N3O. The third-order valence-electron chi connectivity index (χ3n) is 3.55. The van der Waals surface area contributed by atoms with Crippen molar-refractivity contribution in [2.75, 3.05) is 0 Å². The number of nitrogens with zero attached hydrogens (tertiary/aromatic N) is 2. The van der Waals surface area contributed by atoms with E-state index in [2.05, 4.69) is 24.0 Å². The molecule has 90 valence electrons. The van der Waals surface area contributed by atoms with Crippen LogP contribution in [0.3, 0.4) is 0 Å². The fourth-order valence-electron chi connectivity index (χ4n) is 2.26. The molecule has 0 saturated heterocycles. The molecule has 4 heteroatoms. The number of nitrogens with two attached hydrogens (primary N) is 1. The third-order valence-corrected chi connectivity index (χ3v) is 3.55. The minimum absolute atomic E-state index is 0.165. The lowest BCUT2D eigenvalue weighted by Gasteiger charge is -2.32. The van der Waals surface area contributed by atoms with Gasteiger partial charge in [-0.2, -0.15) is 4.98 Å². The normalized spacial score (nSPS) is 23.2. The first-order chi connectivity index (χ1) is 7.48. The third kappa shape index (κ3) is 2.43. The van der Waals surface area contributed by atoms with Gasteiger partial charge >= 0.3 is 0 Å². The van der Waals surface area contributed by atoms with E-state index in [0.29, 0.717) is 17.2 Å². The molecule has 16 heavy (non-hydrogen) atoms. The molecule has 2 rings (SSSR count). The summed E-state index contributed by atoms with van der Waals surface area (Å²) < 4.78 is 5.15. The van der Waals surface area contributed by atoms with Crippen molar-refractivity contribution in [3.63, 3.8) is 0 Å². The molecule has 0 aromatic carbocycles. The summed E-state index contributed by atoms with van der Waals surface area (Å²) in [5.74, 6) is 1.87. The Hall–Kier alpha value is -0.900. The minimum Gasteiger partial charge on any atom is -0.338 e. The molecular weight excluding hydrogens is 202 g/mol. The van der Waals surface area contributed by atoms with E-state index in [1.807, 2.05) is 6.92 Å².